The Morgan fingerprint density at radius 2 is 1.77 bits per heavy atom. The number of anilines is 1. The van der Waals surface area contributed by atoms with E-state index in [9.17, 15) is 14.4 Å². The van der Waals surface area contributed by atoms with Gasteiger partial charge in [-0.1, -0.05) is 20.8 Å². The van der Waals surface area contributed by atoms with Crippen molar-refractivity contribution in [3.8, 4) is 5.75 Å². The fraction of sp³-hybridized carbons (Fsp3) is 0.771. The number of nitrogens with zero attached hydrogens (tertiary/aromatic N) is 3. The molecule has 1 saturated carbocycles. The van der Waals surface area contributed by atoms with Gasteiger partial charge in [-0.3, -0.25) is 14.5 Å². The lowest BCUT2D eigenvalue weighted by Gasteiger charge is -2.39. The number of carbonyl (C=O) groups excluding carboxylic acids is 3. The third-order valence-electron chi connectivity index (χ3n) is 8.31. The zero-order valence-electron chi connectivity index (χ0n) is 28.5. The van der Waals surface area contributed by atoms with E-state index in [0.29, 0.717) is 50.3 Å². The molecular formula is C35H57N3O6. The lowest BCUT2D eigenvalue weighted by atomic mass is 9.83. The number of likely N-dealkylation sites (tertiary alicyclic amines) is 1. The molecule has 0 aromatic carbocycles. The summed E-state index contributed by atoms with van der Waals surface area (Å²) in [6.45, 7) is 18.3. The molecular weight excluding hydrogens is 558 g/mol. The van der Waals surface area contributed by atoms with Crippen LogP contribution in [-0.2, 0) is 25.5 Å². The van der Waals surface area contributed by atoms with Crippen LogP contribution >= 0.6 is 0 Å². The maximum Gasteiger partial charge on any atom is 0.410 e. The van der Waals surface area contributed by atoms with E-state index < -0.39 is 23.5 Å². The Labute approximate surface area is 265 Å². The number of aryl methyl sites for hydroxylation is 1. The Morgan fingerprint density at radius 1 is 1.07 bits per heavy atom. The lowest BCUT2D eigenvalue weighted by Crippen LogP contribution is -2.52. The largest absolute Gasteiger partial charge is 0.493 e. The number of pyridine rings is 1. The lowest BCUT2D eigenvalue weighted by molar-refractivity contribution is -0.129. The number of ketones is 1. The second-order valence-electron chi connectivity index (χ2n) is 13.9. The number of Topliss-reactive ketones (excluding diaryl/α,β-unsaturated/α-hetero) is 1. The van der Waals surface area contributed by atoms with Crippen molar-refractivity contribution in [2.24, 2.45) is 23.7 Å². The summed E-state index contributed by atoms with van der Waals surface area (Å²) in [6.07, 6.45) is 7.49. The molecule has 9 nitrogen and oxygen atoms in total. The molecule has 0 radical (unpaired) electrons. The van der Waals surface area contributed by atoms with Gasteiger partial charge in [0, 0.05) is 62.5 Å². The maximum absolute atomic E-state index is 14.3. The first kappa shape index (κ1) is 35.8. The minimum atomic E-state index is -0.680. The predicted octanol–water partition coefficient (Wildman–Crippen LogP) is 6.85. The second kappa shape index (κ2) is 16.6. The van der Waals surface area contributed by atoms with Gasteiger partial charge in [0.1, 0.15) is 23.0 Å². The van der Waals surface area contributed by atoms with Crippen LogP contribution in [0.2, 0.25) is 0 Å². The van der Waals surface area contributed by atoms with Crippen LogP contribution in [-0.4, -0.2) is 72.2 Å². The van der Waals surface area contributed by atoms with Crippen molar-refractivity contribution in [1.82, 2.24) is 9.88 Å². The maximum atomic E-state index is 14.3. The Bertz CT molecular complexity index is 1100. The molecule has 3 rings (SSSR count). The minimum absolute atomic E-state index is 0.0613. The number of ether oxygens (including phenoxy) is 3. The van der Waals surface area contributed by atoms with Crippen molar-refractivity contribution >= 4 is 23.6 Å². The van der Waals surface area contributed by atoms with Crippen molar-refractivity contribution in [3.05, 3.63) is 17.8 Å². The molecule has 1 aromatic heterocycles. The van der Waals surface area contributed by atoms with Gasteiger partial charge in [-0.2, -0.15) is 0 Å². The number of rotatable bonds is 16. The van der Waals surface area contributed by atoms with Crippen molar-refractivity contribution in [2.45, 2.75) is 118 Å². The van der Waals surface area contributed by atoms with Gasteiger partial charge in [0.15, 0.2) is 0 Å². The molecule has 0 unspecified atom stereocenters. The van der Waals surface area contributed by atoms with Gasteiger partial charge in [-0.25, -0.2) is 9.78 Å². The van der Waals surface area contributed by atoms with Crippen molar-refractivity contribution < 1.29 is 28.6 Å². The summed E-state index contributed by atoms with van der Waals surface area (Å²) in [4.78, 5) is 49.2. The topological polar surface area (TPSA) is 98.3 Å². The average Bonchev–Trinajstić information content (AvgIpc) is 3.80. The summed E-state index contributed by atoms with van der Waals surface area (Å²) in [5.41, 5.74) is 0.315. The quantitative estimate of drug-likeness (QED) is 0.201. The molecule has 0 spiro atoms. The van der Waals surface area contributed by atoms with Gasteiger partial charge in [-0.05, 0) is 91.4 Å². The first-order chi connectivity index (χ1) is 20.9. The van der Waals surface area contributed by atoms with Crippen LogP contribution in [0.1, 0.15) is 106 Å². The summed E-state index contributed by atoms with van der Waals surface area (Å²) < 4.78 is 17.3. The van der Waals surface area contributed by atoms with E-state index in [1.807, 2.05) is 40.7 Å². The van der Waals surface area contributed by atoms with E-state index in [-0.39, 0.29) is 30.8 Å². The molecule has 44 heavy (non-hydrogen) atoms. The SMILES string of the molecule is CCOC[C@H](CCCC(=O)[C@H]1C[C@@H](C(=O)N(c2cc(OCC)c(CC)cn2)C2CC2)CN(C(=O)OC(C)(C)C)C1)CC(C)C. The Morgan fingerprint density at radius 3 is 2.36 bits per heavy atom. The standard InChI is InChI=1S/C35H57N3O6/c1-9-26-20-36-32(19-31(26)43-11-3)38(29-15-16-29)33(40)28-18-27(21-37(22-28)34(41)44-35(6,7)8)30(39)14-12-13-25(17-24(4)5)23-42-10-2/h19-20,24-25,27-29H,9-18,21-23H2,1-8H3/t25-,27+,28-/m1/s1. The fourth-order valence-electron chi connectivity index (χ4n) is 6.13. The third kappa shape index (κ3) is 10.7. The molecule has 1 aromatic rings. The highest BCUT2D eigenvalue weighted by Gasteiger charge is 2.43. The first-order valence-electron chi connectivity index (χ1n) is 16.9. The zero-order chi connectivity index (χ0) is 32.4. The summed E-state index contributed by atoms with van der Waals surface area (Å²) in [5.74, 6) is 1.37. The van der Waals surface area contributed by atoms with Crippen molar-refractivity contribution in [2.75, 3.05) is 37.8 Å². The number of hydrogen-bond acceptors (Lipinski definition) is 7. The average molecular weight is 616 g/mol. The van der Waals surface area contributed by atoms with Crippen LogP contribution < -0.4 is 9.64 Å². The van der Waals surface area contributed by atoms with Gasteiger partial charge in [-0.15, -0.1) is 0 Å². The highest BCUT2D eigenvalue weighted by atomic mass is 16.6. The molecule has 0 bridgehead atoms. The molecule has 2 aliphatic rings. The molecule has 0 N–H and O–H groups in total. The highest BCUT2D eigenvalue weighted by Crippen LogP contribution is 2.37. The highest BCUT2D eigenvalue weighted by molar-refractivity contribution is 5.96. The van der Waals surface area contributed by atoms with Gasteiger partial charge in [0.05, 0.1) is 12.5 Å². The van der Waals surface area contributed by atoms with E-state index in [0.717, 1.165) is 49.8 Å². The van der Waals surface area contributed by atoms with E-state index in [1.165, 1.54) is 0 Å². The molecule has 2 amide bonds. The van der Waals surface area contributed by atoms with Crippen LogP contribution in [0, 0.1) is 23.7 Å². The van der Waals surface area contributed by atoms with E-state index in [4.69, 9.17) is 14.2 Å². The van der Waals surface area contributed by atoms with Crippen molar-refractivity contribution in [3.63, 3.8) is 0 Å². The molecule has 248 valence electrons. The number of amides is 2. The molecule has 2 fully saturated rings. The van der Waals surface area contributed by atoms with Crippen molar-refractivity contribution in [1.29, 1.82) is 0 Å². The molecule has 9 heteroatoms. The Kier molecular flexibility index (Phi) is 13.5. The smallest absolute Gasteiger partial charge is 0.410 e. The molecule has 1 saturated heterocycles. The van der Waals surface area contributed by atoms with Crippen LogP contribution in [0.3, 0.4) is 0 Å². The second-order valence-corrected chi connectivity index (χ2v) is 13.9. The van der Waals surface area contributed by atoms with E-state index in [1.54, 1.807) is 16.0 Å². The minimum Gasteiger partial charge on any atom is -0.493 e. The van der Waals surface area contributed by atoms with Crippen LogP contribution in [0.25, 0.3) is 0 Å². The van der Waals surface area contributed by atoms with Crippen LogP contribution in [0.15, 0.2) is 12.3 Å². The van der Waals surface area contributed by atoms with Gasteiger partial charge in [0.25, 0.3) is 0 Å². The van der Waals surface area contributed by atoms with Gasteiger partial charge >= 0.3 is 6.09 Å². The number of carbonyl (C=O) groups is 3. The normalized spacial score (nSPS) is 19.5. The summed E-state index contributed by atoms with van der Waals surface area (Å²) >= 11 is 0. The van der Waals surface area contributed by atoms with E-state index in [2.05, 4.69) is 25.8 Å². The van der Waals surface area contributed by atoms with E-state index >= 15 is 0 Å². The fourth-order valence-corrected chi connectivity index (χ4v) is 6.13. The van der Waals surface area contributed by atoms with Crippen LogP contribution in [0.4, 0.5) is 10.6 Å². The molecule has 1 aliphatic heterocycles. The summed E-state index contributed by atoms with van der Waals surface area (Å²) in [5, 5.41) is 0. The Balaban J connectivity index is 1.80. The summed E-state index contributed by atoms with van der Waals surface area (Å²) in [6, 6.07) is 1.93. The number of piperidine rings is 1. The molecule has 3 atom stereocenters. The first-order valence-corrected chi connectivity index (χ1v) is 16.9. The number of aromatic nitrogens is 1. The Hall–Kier alpha value is -2.68. The van der Waals surface area contributed by atoms with Gasteiger partial charge < -0.3 is 19.1 Å². The zero-order valence-corrected chi connectivity index (χ0v) is 28.5. The predicted molar refractivity (Wildman–Crippen MR) is 173 cm³/mol. The number of hydrogen-bond donors (Lipinski definition) is 0. The third-order valence-corrected chi connectivity index (χ3v) is 8.31. The van der Waals surface area contributed by atoms with Crippen LogP contribution in [0.5, 0.6) is 5.75 Å². The molecule has 2 heterocycles. The summed E-state index contributed by atoms with van der Waals surface area (Å²) in [7, 11) is 0. The monoisotopic (exact) mass is 615 g/mol. The molecule has 1 aliphatic carbocycles. The van der Waals surface area contributed by atoms with Gasteiger partial charge in [0.2, 0.25) is 5.91 Å².